The molecule has 0 aliphatic rings. The smallest absolute Gasteiger partial charge is 0.0191 e. The van der Waals surface area contributed by atoms with E-state index in [9.17, 15) is 0 Å². The van der Waals surface area contributed by atoms with Crippen LogP contribution in [-0.2, 0) is 25.7 Å². The number of hydrogen-bond donors (Lipinski definition) is 0. The first-order chi connectivity index (χ1) is 14.2. The average molecular weight is 411 g/mol. The predicted octanol–water partition coefficient (Wildman–Crippen LogP) is 7.69. The van der Waals surface area contributed by atoms with Crippen molar-refractivity contribution in [1.29, 1.82) is 0 Å². The highest BCUT2D eigenvalue weighted by Crippen LogP contribution is 2.26. The molecule has 0 N–H and O–H groups in total. The summed E-state index contributed by atoms with van der Waals surface area (Å²) in [6.07, 6.45) is 15.4. The van der Waals surface area contributed by atoms with Crippen LogP contribution in [0.3, 0.4) is 0 Å². The standard InChI is InChI=1S/C28H43P/c1-5-9-15-23-21-22-28(26(19-12-8-4)25(23)18-11-7-3)29-27-20-14-13-17-24(27)16-10-6-2/h13-14,17,20-22,29H,5-12,15-16,18-19H2,1-4H3. The van der Waals surface area contributed by atoms with Crippen molar-refractivity contribution in [3.05, 3.63) is 58.7 Å². The first kappa shape index (κ1) is 24.1. The van der Waals surface area contributed by atoms with E-state index >= 15 is 0 Å². The van der Waals surface area contributed by atoms with Gasteiger partial charge in [0.2, 0.25) is 0 Å². The van der Waals surface area contributed by atoms with Gasteiger partial charge < -0.3 is 0 Å². The third kappa shape index (κ3) is 7.57. The van der Waals surface area contributed by atoms with Gasteiger partial charge in [0, 0.05) is 0 Å². The topological polar surface area (TPSA) is 0 Å². The molecule has 0 radical (unpaired) electrons. The molecule has 0 saturated heterocycles. The Morgan fingerprint density at radius 1 is 0.517 bits per heavy atom. The van der Waals surface area contributed by atoms with E-state index in [0.717, 1.165) is 8.58 Å². The van der Waals surface area contributed by atoms with Crippen LogP contribution in [0.5, 0.6) is 0 Å². The maximum Gasteiger partial charge on any atom is -0.0191 e. The molecule has 1 atom stereocenters. The molecule has 2 rings (SSSR count). The molecule has 0 amide bonds. The number of aryl methyl sites for hydroxylation is 2. The minimum atomic E-state index is 0.797. The minimum absolute atomic E-state index is 0.797. The van der Waals surface area contributed by atoms with E-state index in [4.69, 9.17) is 0 Å². The van der Waals surface area contributed by atoms with Gasteiger partial charge >= 0.3 is 0 Å². The summed E-state index contributed by atoms with van der Waals surface area (Å²) >= 11 is 0. The Bertz CT molecular complexity index is 716. The van der Waals surface area contributed by atoms with Crippen molar-refractivity contribution >= 4 is 19.2 Å². The molecule has 0 spiro atoms. The van der Waals surface area contributed by atoms with Gasteiger partial charge in [-0.15, -0.1) is 0 Å². The molecule has 0 saturated carbocycles. The van der Waals surface area contributed by atoms with Crippen LogP contribution in [0.25, 0.3) is 0 Å². The van der Waals surface area contributed by atoms with E-state index < -0.39 is 0 Å². The SMILES string of the molecule is CCCCc1ccccc1Pc1ccc(CCCC)c(CCCC)c1CCCC. The summed E-state index contributed by atoms with van der Waals surface area (Å²) in [4.78, 5) is 0. The summed E-state index contributed by atoms with van der Waals surface area (Å²) in [5, 5.41) is 3.19. The summed E-state index contributed by atoms with van der Waals surface area (Å²) in [5.74, 6) is 0. The second-order valence-corrected chi connectivity index (χ2v) is 9.75. The molecule has 0 bridgehead atoms. The van der Waals surface area contributed by atoms with Gasteiger partial charge in [-0.2, -0.15) is 0 Å². The van der Waals surface area contributed by atoms with E-state index in [1.807, 2.05) is 0 Å². The van der Waals surface area contributed by atoms with Crippen molar-refractivity contribution in [2.24, 2.45) is 0 Å². The second kappa shape index (κ2) is 14.0. The van der Waals surface area contributed by atoms with Gasteiger partial charge in [0.25, 0.3) is 0 Å². The van der Waals surface area contributed by atoms with E-state index in [1.165, 1.54) is 77.0 Å². The minimum Gasteiger partial charge on any atom is -0.0654 e. The third-order valence-electron chi connectivity index (χ3n) is 5.97. The van der Waals surface area contributed by atoms with Crippen molar-refractivity contribution in [3.63, 3.8) is 0 Å². The van der Waals surface area contributed by atoms with Crippen LogP contribution in [0.2, 0.25) is 0 Å². The largest absolute Gasteiger partial charge is 0.0654 e. The molecule has 0 heterocycles. The van der Waals surface area contributed by atoms with E-state index in [1.54, 1.807) is 32.9 Å². The average Bonchev–Trinajstić information content (AvgIpc) is 2.75. The highest BCUT2D eigenvalue weighted by molar-refractivity contribution is 7.55. The lowest BCUT2D eigenvalue weighted by atomic mass is 9.91. The Morgan fingerprint density at radius 2 is 1.07 bits per heavy atom. The van der Waals surface area contributed by atoms with Crippen LogP contribution in [0.15, 0.2) is 36.4 Å². The highest BCUT2D eigenvalue weighted by atomic mass is 31.1. The normalized spacial score (nSPS) is 11.6. The van der Waals surface area contributed by atoms with Gasteiger partial charge in [0.15, 0.2) is 0 Å². The summed E-state index contributed by atoms with van der Waals surface area (Å²) in [6, 6.07) is 14.2. The zero-order valence-corrected chi connectivity index (χ0v) is 20.4. The van der Waals surface area contributed by atoms with Crippen molar-refractivity contribution in [2.45, 2.75) is 105 Å². The lowest BCUT2D eigenvalue weighted by molar-refractivity contribution is 0.737. The molecule has 2 aromatic carbocycles. The molecule has 2 aromatic rings. The van der Waals surface area contributed by atoms with Crippen LogP contribution < -0.4 is 10.6 Å². The summed E-state index contributed by atoms with van der Waals surface area (Å²) in [7, 11) is 0.797. The van der Waals surface area contributed by atoms with Crippen LogP contribution in [-0.4, -0.2) is 0 Å². The third-order valence-corrected chi connectivity index (χ3v) is 7.47. The molecule has 1 unspecified atom stereocenters. The molecule has 0 aliphatic heterocycles. The van der Waals surface area contributed by atoms with Crippen LogP contribution in [0.4, 0.5) is 0 Å². The van der Waals surface area contributed by atoms with Crippen molar-refractivity contribution in [2.75, 3.05) is 0 Å². The van der Waals surface area contributed by atoms with Gasteiger partial charge in [-0.1, -0.05) is 98.4 Å². The summed E-state index contributed by atoms with van der Waals surface area (Å²) < 4.78 is 0. The predicted molar refractivity (Wildman–Crippen MR) is 135 cm³/mol. The van der Waals surface area contributed by atoms with Crippen LogP contribution >= 0.6 is 8.58 Å². The lowest BCUT2D eigenvalue weighted by Gasteiger charge is -2.20. The second-order valence-electron chi connectivity index (χ2n) is 8.43. The molecule has 160 valence electrons. The van der Waals surface area contributed by atoms with Crippen LogP contribution in [0, 0.1) is 0 Å². The van der Waals surface area contributed by atoms with Crippen LogP contribution in [0.1, 0.15) is 101 Å². The van der Waals surface area contributed by atoms with Crippen molar-refractivity contribution < 1.29 is 0 Å². The monoisotopic (exact) mass is 410 g/mol. The van der Waals surface area contributed by atoms with Gasteiger partial charge in [-0.3, -0.25) is 0 Å². The van der Waals surface area contributed by atoms with Gasteiger partial charge in [0.1, 0.15) is 0 Å². The molecule has 1 heteroatoms. The Hall–Kier alpha value is -1.13. The van der Waals surface area contributed by atoms with E-state index in [0.29, 0.717) is 0 Å². The first-order valence-corrected chi connectivity index (χ1v) is 13.2. The Morgan fingerprint density at radius 3 is 1.72 bits per heavy atom. The zero-order chi connectivity index (χ0) is 20.9. The molecule has 0 fully saturated rings. The Labute approximate surface area is 182 Å². The van der Waals surface area contributed by atoms with Crippen molar-refractivity contribution in [3.8, 4) is 0 Å². The molecule has 29 heavy (non-hydrogen) atoms. The Kier molecular flexibility index (Phi) is 11.6. The molecular weight excluding hydrogens is 367 g/mol. The van der Waals surface area contributed by atoms with Gasteiger partial charge in [-0.25, -0.2) is 0 Å². The van der Waals surface area contributed by atoms with Gasteiger partial charge in [-0.05, 0) is 84.2 Å². The van der Waals surface area contributed by atoms with Gasteiger partial charge in [0.05, 0.1) is 0 Å². The molecule has 0 aliphatic carbocycles. The number of hydrogen-bond acceptors (Lipinski definition) is 0. The number of benzene rings is 2. The highest BCUT2D eigenvalue weighted by Gasteiger charge is 2.14. The molecule has 0 nitrogen and oxygen atoms in total. The fraction of sp³-hybridized carbons (Fsp3) is 0.571. The first-order valence-electron chi connectivity index (χ1n) is 12.2. The maximum absolute atomic E-state index is 2.49. The fourth-order valence-electron chi connectivity index (χ4n) is 4.14. The quantitative estimate of drug-likeness (QED) is 0.280. The fourth-order valence-corrected chi connectivity index (χ4v) is 5.57. The summed E-state index contributed by atoms with van der Waals surface area (Å²) in [5.41, 5.74) is 6.63. The van der Waals surface area contributed by atoms with Crippen molar-refractivity contribution in [1.82, 2.24) is 0 Å². The maximum atomic E-state index is 2.49. The lowest BCUT2D eigenvalue weighted by Crippen LogP contribution is -2.16. The zero-order valence-electron chi connectivity index (χ0n) is 19.4. The summed E-state index contributed by atoms with van der Waals surface area (Å²) in [6.45, 7) is 9.26. The molecular formula is C28H43P. The van der Waals surface area contributed by atoms with E-state index in [2.05, 4.69) is 64.1 Å². The Balaban J connectivity index is 2.41. The molecule has 0 aromatic heterocycles. The number of unbranched alkanes of at least 4 members (excludes halogenated alkanes) is 4. The van der Waals surface area contributed by atoms with E-state index in [-0.39, 0.29) is 0 Å². The number of rotatable bonds is 14.